The average Bonchev–Trinajstić information content (AvgIpc) is 3.28. The second-order valence-electron chi connectivity index (χ2n) is 6.32. The van der Waals surface area contributed by atoms with Gasteiger partial charge in [0.15, 0.2) is 5.65 Å². The number of carbonyl (C=O) groups is 1. The fraction of sp³-hybridized carbons (Fsp3) is 0.444. The van der Waals surface area contributed by atoms with Crippen LogP contribution in [0.5, 0.6) is 0 Å². The van der Waals surface area contributed by atoms with Crippen molar-refractivity contribution in [2.45, 2.75) is 39.3 Å². The summed E-state index contributed by atoms with van der Waals surface area (Å²) in [6.45, 7) is 4.20. The second kappa shape index (κ2) is 7.82. The van der Waals surface area contributed by atoms with Crippen molar-refractivity contribution >= 4 is 28.3 Å². The van der Waals surface area contributed by atoms with Crippen LogP contribution in [0.3, 0.4) is 0 Å². The highest BCUT2D eigenvalue weighted by atomic mass is 32.1. The second-order valence-corrected chi connectivity index (χ2v) is 7.30. The molecule has 1 N–H and O–H groups in total. The Labute approximate surface area is 155 Å². The smallest absolute Gasteiger partial charge is 0.264 e. The summed E-state index contributed by atoms with van der Waals surface area (Å²) in [5.41, 5.74) is 0.258. The van der Waals surface area contributed by atoms with E-state index in [9.17, 15) is 9.59 Å². The first-order chi connectivity index (χ1) is 12.5. The van der Waals surface area contributed by atoms with Gasteiger partial charge in [0.05, 0.1) is 12.2 Å². The van der Waals surface area contributed by atoms with Gasteiger partial charge in [-0.05, 0) is 17.4 Å². The van der Waals surface area contributed by atoms with Crippen LogP contribution >= 0.6 is 11.3 Å². The minimum atomic E-state index is -0.256. The molecule has 3 heterocycles. The predicted molar refractivity (Wildman–Crippen MR) is 102 cm³/mol. The van der Waals surface area contributed by atoms with Crippen LogP contribution in [0, 0.1) is 5.92 Å². The summed E-state index contributed by atoms with van der Waals surface area (Å²) in [7, 11) is 1.73. The van der Waals surface area contributed by atoms with Gasteiger partial charge < -0.3 is 5.32 Å². The van der Waals surface area contributed by atoms with Gasteiger partial charge in [-0.1, -0.05) is 32.8 Å². The van der Waals surface area contributed by atoms with Crippen molar-refractivity contribution in [3.63, 3.8) is 0 Å². The van der Waals surface area contributed by atoms with Gasteiger partial charge in [0.2, 0.25) is 5.91 Å². The standard InChI is InChI=1S/C18H23N5O2S/c1-4-12(5-2)16(14-7-6-8-26-14)21-15(24)10-23-11-19-17-13(18(23)25)9-20-22(17)3/h6-9,11-12,16H,4-5,10H2,1-3H3,(H,21,24)/t16-/m0/s1. The maximum Gasteiger partial charge on any atom is 0.264 e. The van der Waals surface area contributed by atoms with Crippen molar-refractivity contribution in [1.82, 2.24) is 24.6 Å². The van der Waals surface area contributed by atoms with E-state index in [-0.39, 0.29) is 24.1 Å². The lowest BCUT2D eigenvalue weighted by Gasteiger charge is -2.25. The Bertz CT molecular complexity index is 940. The molecule has 0 saturated carbocycles. The van der Waals surface area contributed by atoms with E-state index in [4.69, 9.17) is 0 Å². The molecule has 1 amide bonds. The molecule has 0 aliphatic heterocycles. The van der Waals surface area contributed by atoms with Crippen molar-refractivity contribution in [2.24, 2.45) is 13.0 Å². The van der Waals surface area contributed by atoms with Crippen LogP contribution in [0.4, 0.5) is 0 Å². The molecule has 0 aliphatic rings. The third-order valence-electron chi connectivity index (χ3n) is 4.72. The van der Waals surface area contributed by atoms with E-state index in [1.54, 1.807) is 23.1 Å². The molecular weight excluding hydrogens is 350 g/mol. The maximum atomic E-state index is 12.6. The number of nitrogens with zero attached hydrogens (tertiary/aromatic N) is 4. The van der Waals surface area contributed by atoms with Crippen molar-refractivity contribution in [1.29, 1.82) is 0 Å². The molecule has 1 atom stereocenters. The molecule has 3 aromatic heterocycles. The Morgan fingerprint density at radius 2 is 2.12 bits per heavy atom. The quantitative estimate of drug-likeness (QED) is 0.690. The van der Waals surface area contributed by atoms with Crippen molar-refractivity contribution in [3.8, 4) is 0 Å². The summed E-state index contributed by atoms with van der Waals surface area (Å²) in [4.78, 5) is 30.5. The largest absolute Gasteiger partial charge is 0.347 e. The zero-order valence-corrected chi connectivity index (χ0v) is 16.0. The van der Waals surface area contributed by atoms with Gasteiger partial charge in [0.25, 0.3) is 5.56 Å². The first kappa shape index (κ1) is 18.3. The minimum absolute atomic E-state index is 0.0386. The monoisotopic (exact) mass is 373 g/mol. The van der Waals surface area contributed by atoms with Gasteiger partial charge in [-0.3, -0.25) is 18.8 Å². The van der Waals surface area contributed by atoms with Gasteiger partial charge in [-0.15, -0.1) is 11.3 Å². The van der Waals surface area contributed by atoms with E-state index >= 15 is 0 Å². The molecule has 7 nitrogen and oxygen atoms in total. The number of fused-ring (bicyclic) bond motifs is 1. The zero-order valence-electron chi connectivity index (χ0n) is 15.2. The molecule has 0 saturated heterocycles. The van der Waals surface area contributed by atoms with Crippen LogP contribution in [-0.2, 0) is 18.4 Å². The molecule has 0 aromatic carbocycles. The number of hydrogen-bond acceptors (Lipinski definition) is 5. The number of rotatable bonds is 7. The first-order valence-corrected chi connectivity index (χ1v) is 9.63. The lowest BCUT2D eigenvalue weighted by molar-refractivity contribution is -0.122. The van der Waals surface area contributed by atoms with Crippen LogP contribution in [0.25, 0.3) is 11.0 Å². The van der Waals surface area contributed by atoms with Crippen molar-refractivity contribution in [3.05, 3.63) is 45.3 Å². The van der Waals surface area contributed by atoms with Crippen molar-refractivity contribution < 1.29 is 4.79 Å². The number of hydrogen-bond donors (Lipinski definition) is 1. The SMILES string of the molecule is CCC(CC)[C@H](NC(=O)Cn1cnc2c(cnn2C)c1=O)c1cccs1. The number of aryl methyl sites for hydroxylation is 1. The molecule has 0 fully saturated rings. The van der Waals surface area contributed by atoms with E-state index < -0.39 is 0 Å². The summed E-state index contributed by atoms with van der Waals surface area (Å²) in [6, 6.07) is 4.00. The molecule has 0 spiro atoms. The maximum absolute atomic E-state index is 12.6. The fourth-order valence-electron chi connectivity index (χ4n) is 3.20. The molecule has 0 unspecified atom stereocenters. The highest BCUT2D eigenvalue weighted by Gasteiger charge is 2.23. The van der Waals surface area contributed by atoms with E-state index in [2.05, 4.69) is 29.2 Å². The Balaban J connectivity index is 1.80. The summed E-state index contributed by atoms with van der Waals surface area (Å²) < 4.78 is 2.87. The van der Waals surface area contributed by atoms with Gasteiger partial charge in [-0.2, -0.15) is 5.10 Å². The van der Waals surface area contributed by atoms with E-state index in [1.807, 2.05) is 17.5 Å². The normalized spacial score (nSPS) is 12.6. The highest BCUT2D eigenvalue weighted by molar-refractivity contribution is 7.10. The number of nitrogens with one attached hydrogen (secondary N) is 1. The molecule has 8 heteroatoms. The first-order valence-electron chi connectivity index (χ1n) is 8.75. The fourth-order valence-corrected chi connectivity index (χ4v) is 4.07. The molecule has 0 bridgehead atoms. The van der Waals surface area contributed by atoms with Crippen molar-refractivity contribution in [2.75, 3.05) is 0 Å². The van der Waals surface area contributed by atoms with E-state index in [1.165, 1.54) is 17.1 Å². The minimum Gasteiger partial charge on any atom is -0.347 e. The van der Waals surface area contributed by atoms with Crippen LogP contribution in [0.1, 0.15) is 37.6 Å². The van der Waals surface area contributed by atoms with Gasteiger partial charge in [-0.25, -0.2) is 4.98 Å². The van der Waals surface area contributed by atoms with Gasteiger partial charge in [0, 0.05) is 11.9 Å². The lowest BCUT2D eigenvalue weighted by Crippen LogP contribution is -2.37. The van der Waals surface area contributed by atoms with E-state index in [0.29, 0.717) is 17.0 Å². The third-order valence-corrected chi connectivity index (χ3v) is 5.67. The molecular formula is C18H23N5O2S. The average molecular weight is 373 g/mol. The Morgan fingerprint density at radius 3 is 2.77 bits per heavy atom. The van der Waals surface area contributed by atoms with E-state index in [0.717, 1.165) is 17.7 Å². The van der Waals surface area contributed by atoms with Crippen LogP contribution in [0.2, 0.25) is 0 Å². The molecule has 0 radical (unpaired) electrons. The summed E-state index contributed by atoms with van der Waals surface area (Å²) in [5, 5.41) is 9.59. The molecule has 3 rings (SSSR count). The molecule has 3 aromatic rings. The summed E-state index contributed by atoms with van der Waals surface area (Å²) in [6.07, 6.45) is 4.84. The molecule has 0 aliphatic carbocycles. The highest BCUT2D eigenvalue weighted by Crippen LogP contribution is 2.30. The number of amides is 1. The number of thiophene rings is 1. The summed E-state index contributed by atoms with van der Waals surface area (Å²) >= 11 is 1.64. The Kier molecular flexibility index (Phi) is 5.51. The van der Waals surface area contributed by atoms with Crippen LogP contribution in [0.15, 0.2) is 34.8 Å². The van der Waals surface area contributed by atoms with Crippen LogP contribution < -0.4 is 10.9 Å². The predicted octanol–water partition coefficient (Wildman–Crippen LogP) is 2.49. The number of aromatic nitrogens is 4. The third kappa shape index (κ3) is 3.55. The Morgan fingerprint density at radius 1 is 1.35 bits per heavy atom. The Hall–Kier alpha value is -2.48. The zero-order chi connectivity index (χ0) is 18.7. The van der Waals surface area contributed by atoms with Gasteiger partial charge in [0.1, 0.15) is 18.3 Å². The van der Waals surface area contributed by atoms with Gasteiger partial charge >= 0.3 is 0 Å². The number of carbonyl (C=O) groups excluding carboxylic acids is 1. The lowest BCUT2D eigenvalue weighted by atomic mass is 9.93. The summed E-state index contributed by atoms with van der Waals surface area (Å²) in [5.74, 6) is 0.163. The molecule has 138 valence electrons. The molecule has 26 heavy (non-hydrogen) atoms. The van der Waals surface area contributed by atoms with Crippen LogP contribution in [-0.4, -0.2) is 25.2 Å². The topological polar surface area (TPSA) is 81.8 Å².